The van der Waals surface area contributed by atoms with Gasteiger partial charge in [0.2, 0.25) is 0 Å². The molecule has 0 saturated carbocycles. The van der Waals surface area contributed by atoms with Crippen molar-refractivity contribution in [1.29, 1.82) is 0 Å². The molecule has 0 N–H and O–H groups in total. The van der Waals surface area contributed by atoms with Gasteiger partial charge in [0.05, 0.1) is 16.8 Å². The summed E-state index contributed by atoms with van der Waals surface area (Å²) < 4.78 is 0. The summed E-state index contributed by atoms with van der Waals surface area (Å²) in [5, 5.41) is 5.02. The third kappa shape index (κ3) is 3.94. The van der Waals surface area contributed by atoms with Crippen molar-refractivity contribution in [2.45, 2.75) is 5.41 Å². The molecule has 1 spiro atoms. The van der Waals surface area contributed by atoms with Gasteiger partial charge in [0.25, 0.3) is 0 Å². The molecule has 0 fully saturated rings. The van der Waals surface area contributed by atoms with Crippen LogP contribution in [0.25, 0.3) is 54.9 Å². The minimum Gasteiger partial charge on any atom is -0.309 e. The predicted octanol–water partition coefficient (Wildman–Crippen LogP) is 13.5. The second-order valence-corrected chi connectivity index (χ2v) is 14.0. The van der Waals surface area contributed by atoms with Gasteiger partial charge in [-0.3, -0.25) is 0 Å². The molecule has 0 bridgehead atoms. The Bertz CT molecular complexity index is 2800. The first-order chi connectivity index (χ1) is 25.8. The van der Waals surface area contributed by atoms with Crippen LogP contribution in [0.1, 0.15) is 22.3 Å². The molecule has 2 aliphatic carbocycles. The van der Waals surface area contributed by atoms with Gasteiger partial charge in [0.1, 0.15) is 0 Å². The molecule has 0 heterocycles. The molecule has 11 rings (SSSR count). The SMILES string of the molecule is c1ccc(-c2ccccc2N(c2ccccc2)c2cc3c(c4ccccc24)-c2cc4ccccc4cc2C32c3ccccc3-c3ccccc32)cc1. The Kier molecular flexibility index (Phi) is 6.23. The quantitative estimate of drug-likeness (QED) is 0.182. The molecule has 0 saturated heterocycles. The van der Waals surface area contributed by atoms with Crippen molar-refractivity contribution < 1.29 is 0 Å². The van der Waals surface area contributed by atoms with Gasteiger partial charge in [-0.1, -0.05) is 164 Å². The normalized spacial score (nSPS) is 13.2. The first kappa shape index (κ1) is 29.1. The molecular weight excluding hydrogens is 627 g/mol. The highest BCUT2D eigenvalue weighted by Crippen LogP contribution is 2.65. The van der Waals surface area contributed by atoms with Crippen LogP contribution in [0.5, 0.6) is 0 Å². The third-order valence-electron chi connectivity index (χ3n) is 11.4. The van der Waals surface area contributed by atoms with Gasteiger partial charge >= 0.3 is 0 Å². The van der Waals surface area contributed by atoms with Crippen molar-refractivity contribution in [3.05, 3.63) is 222 Å². The van der Waals surface area contributed by atoms with E-state index in [4.69, 9.17) is 0 Å². The molecule has 52 heavy (non-hydrogen) atoms. The van der Waals surface area contributed by atoms with Gasteiger partial charge in [0.15, 0.2) is 0 Å². The van der Waals surface area contributed by atoms with Crippen LogP contribution in [0.4, 0.5) is 17.1 Å². The van der Waals surface area contributed by atoms with E-state index < -0.39 is 5.41 Å². The first-order valence-electron chi connectivity index (χ1n) is 18.1. The zero-order chi connectivity index (χ0) is 34.2. The van der Waals surface area contributed by atoms with E-state index in [1.165, 1.54) is 82.9 Å². The largest absolute Gasteiger partial charge is 0.309 e. The standard InChI is InChI=1S/C51H33N/c1-3-17-34(18-4-1)38-23-13-16-30-48(38)52(37-21-5-2-6-22-37)49-33-47-50(42-27-10-9-26-41(42)49)43-31-35-19-7-8-20-36(35)32-46(43)51(47)44-28-14-11-24-39(44)40-25-12-15-29-45(40)51/h1-33H. The average molecular weight is 660 g/mol. The number of anilines is 3. The van der Waals surface area contributed by atoms with Gasteiger partial charge in [-0.05, 0) is 103 Å². The van der Waals surface area contributed by atoms with Crippen molar-refractivity contribution in [1.82, 2.24) is 0 Å². The summed E-state index contributed by atoms with van der Waals surface area (Å²) in [6, 6.07) is 74.1. The summed E-state index contributed by atoms with van der Waals surface area (Å²) in [6.45, 7) is 0. The van der Waals surface area contributed by atoms with Crippen LogP contribution in [0.3, 0.4) is 0 Å². The minimum atomic E-state index is -0.484. The zero-order valence-corrected chi connectivity index (χ0v) is 28.5. The smallest absolute Gasteiger partial charge is 0.0726 e. The molecule has 0 unspecified atom stereocenters. The lowest BCUT2D eigenvalue weighted by Gasteiger charge is -2.33. The third-order valence-corrected chi connectivity index (χ3v) is 11.4. The topological polar surface area (TPSA) is 3.24 Å². The molecule has 1 heteroatoms. The van der Waals surface area contributed by atoms with Crippen molar-refractivity contribution >= 4 is 38.6 Å². The summed E-state index contributed by atoms with van der Waals surface area (Å²) in [6.07, 6.45) is 0. The second-order valence-electron chi connectivity index (χ2n) is 14.0. The molecule has 242 valence electrons. The van der Waals surface area contributed by atoms with E-state index in [1.807, 2.05) is 0 Å². The molecule has 0 amide bonds. The average Bonchev–Trinajstić information content (AvgIpc) is 3.68. The number of para-hydroxylation sites is 2. The molecule has 0 aliphatic heterocycles. The second kappa shape index (κ2) is 11.2. The van der Waals surface area contributed by atoms with Crippen molar-refractivity contribution in [2.24, 2.45) is 0 Å². The number of fused-ring (bicyclic) bond motifs is 13. The Morgan fingerprint density at radius 3 is 1.58 bits per heavy atom. The monoisotopic (exact) mass is 659 g/mol. The Labute approximate surface area is 303 Å². The van der Waals surface area contributed by atoms with Crippen molar-refractivity contribution in [3.63, 3.8) is 0 Å². The summed E-state index contributed by atoms with van der Waals surface area (Å²) in [4.78, 5) is 2.49. The van der Waals surface area contributed by atoms with E-state index in [0.29, 0.717) is 0 Å². The molecule has 0 atom stereocenters. The van der Waals surface area contributed by atoms with E-state index in [2.05, 4.69) is 205 Å². The lowest BCUT2D eigenvalue weighted by atomic mass is 9.70. The molecule has 9 aromatic carbocycles. The fourth-order valence-corrected chi connectivity index (χ4v) is 9.36. The van der Waals surface area contributed by atoms with Gasteiger partial charge < -0.3 is 4.90 Å². The van der Waals surface area contributed by atoms with Crippen LogP contribution in [0, 0.1) is 0 Å². The summed E-state index contributed by atoms with van der Waals surface area (Å²) in [7, 11) is 0. The highest BCUT2D eigenvalue weighted by molar-refractivity contribution is 6.13. The van der Waals surface area contributed by atoms with E-state index >= 15 is 0 Å². The van der Waals surface area contributed by atoms with Crippen molar-refractivity contribution in [3.8, 4) is 33.4 Å². The Hall–Kier alpha value is -6.70. The van der Waals surface area contributed by atoms with E-state index in [-0.39, 0.29) is 0 Å². The van der Waals surface area contributed by atoms with Gasteiger partial charge in [-0.2, -0.15) is 0 Å². The van der Waals surface area contributed by atoms with E-state index in [0.717, 1.165) is 11.4 Å². The van der Waals surface area contributed by atoms with Crippen molar-refractivity contribution in [2.75, 3.05) is 4.90 Å². The number of benzene rings is 9. The molecule has 2 aliphatic rings. The van der Waals surface area contributed by atoms with Crippen LogP contribution in [0.2, 0.25) is 0 Å². The maximum absolute atomic E-state index is 2.54. The predicted molar refractivity (Wildman–Crippen MR) is 218 cm³/mol. The van der Waals surface area contributed by atoms with Gasteiger partial charge in [0, 0.05) is 16.6 Å². The number of nitrogens with zero attached hydrogens (tertiary/aromatic N) is 1. The zero-order valence-electron chi connectivity index (χ0n) is 28.5. The lowest BCUT2D eigenvalue weighted by Crippen LogP contribution is -2.26. The van der Waals surface area contributed by atoms with E-state index in [9.17, 15) is 0 Å². The summed E-state index contributed by atoms with van der Waals surface area (Å²) in [5.74, 6) is 0. The van der Waals surface area contributed by atoms with E-state index in [1.54, 1.807) is 0 Å². The lowest BCUT2D eigenvalue weighted by molar-refractivity contribution is 0.795. The maximum atomic E-state index is 2.54. The number of hydrogen-bond acceptors (Lipinski definition) is 1. The molecule has 0 aromatic heterocycles. The van der Waals surface area contributed by atoms with Crippen LogP contribution in [-0.4, -0.2) is 0 Å². The number of hydrogen-bond donors (Lipinski definition) is 0. The Balaban J connectivity index is 1.31. The molecule has 0 radical (unpaired) electrons. The Morgan fingerprint density at radius 2 is 0.865 bits per heavy atom. The highest BCUT2D eigenvalue weighted by Gasteiger charge is 2.52. The summed E-state index contributed by atoms with van der Waals surface area (Å²) >= 11 is 0. The maximum Gasteiger partial charge on any atom is 0.0726 e. The van der Waals surface area contributed by atoms with Crippen LogP contribution in [-0.2, 0) is 5.41 Å². The fraction of sp³-hybridized carbons (Fsp3) is 0.0196. The molecule has 1 nitrogen and oxygen atoms in total. The van der Waals surface area contributed by atoms with Crippen LogP contribution >= 0.6 is 0 Å². The van der Waals surface area contributed by atoms with Crippen LogP contribution < -0.4 is 4.90 Å². The first-order valence-corrected chi connectivity index (χ1v) is 18.1. The number of rotatable bonds is 4. The molecule has 9 aromatic rings. The van der Waals surface area contributed by atoms with Gasteiger partial charge in [-0.25, -0.2) is 0 Å². The molecular formula is C51H33N. The highest BCUT2D eigenvalue weighted by atomic mass is 15.1. The summed E-state index contributed by atoms with van der Waals surface area (Å²) in [5.41, 5.74) is 16.0. The Morgan fingerprint density at radius 1 is 0.327 bits per heavy atom. The minimum absolute atomic E-state index is 0.484. The van der Waals surface area contributed by atoms with Gasteiger partial charge in [-0.15, -0.1) is 0 Å². The van der Waals surface area contributed by atoms with Crippen LogP contribution in [0.15, 0.2) is 200 Å². The fourth-order valence-electron chi connectivity index (χ4n) is 9.36.